The molecule has 4 nitrogen and oxygen atoms in total. The Hall–Kier alpha value is 0.160. The van der Waals surface area contributed by atoms with Crippen molar-refractivity contribution in [2.24, 2.45) is 0 Å². The predicted molar refractivity (Wildman–Crippen MR) is 41.8 cm³/mol. The summed E-state index contributed by atoms with van der Waals surface area (Å²) in [5.41, 5.74) is 0. The molecular formula is C5H10ClNO3S. The molecule has 0 aromatic heterocycles. The lowest BCUT2D eigenvalue weighted by Gasteiger charge is -2.13. The zero-order valence-electron chi connectivity index (χ0n) is 5.99. The number of nitrogens with zero attached hydrogens (tertiary/aromatic N) is 1. The fraction of sp³-hybridized carbons (Fsp3) is 1.00. The molecule has 0 saturated carbocycles. The third kappa shape index (κ3) is 2.94. The lowest BCUT2D eigenvalue weighted by molar-refractivity contribution is 0.148. The van der Waals surface area contributed by atoms with E-state index in [1.165, 1.54) is 4.31 Å². The topological polar surface area (TPSA) is 46.6 Å². The Balaban J connectivity index is 2.57. The Morgan fingerprint density at radius 3 is 2.64 bits per heavy atom. The molecule has 0 unspecified atom stereocenters. The molecule has 1 rings (SSSR count). The van der Waals surface area contributed by atoms with E-state index in [2.05, 4.69) is 0 Å². The summed E-state index contributed by atoms with van der Waals surface area (Å²) >= 11 is 0. The molecule has 1 heterocycles. The van der Waals surface area contributed by atoms with Gasteiger partial charge in [0.2, 0.25) is 0 Å². The van der Waals surface area contributed by atoms with Gasteiger partial charge in [-0.05, 0) is 6.42 Å². The fourth-order valence-electron chi connectivity index (χ4n) is 0.941. The molecule has 1 fully saturated rings. The highest BCUT2D eigenvalue weighted by atomic mass is 35.7. The van der Waals surface area contributed by atoms with Crippen molar-refractivity contribution in [3.8, 4) is 0 Å². The smallest absolute Gasteiger partial charge is 0.299 e. The van der Waals surface area contributed by atoms with E-state index in [1.54, 1.807) is 0 Å². The molecule has 1 saturated heterocycles. The Morgan fingerprint density at radius 2 is 2.00 bits per heavy atom. The van der Waals surface area contributed by atoms with Gasteiger partial charge < -0.3 is 4.74 Å². The maximum Gasteiger partial charge on any atom is 0.299 e. The standard InChI is InChI=1S/C5H10ClNO3S/c6-11(8,9)7-2-1-4-10-5-3-7/h1-5H2. The molecule has 0 amide bonds. The Bertz CT molecular complexity index is 208. The van der Waals surface area contributed by atoms with Gasteiger partial charge in [-0.1, -0.05) is 0 Å². The third-order valence-electron chi connectivity index (χ3n) is 1.49. The summed E-state index contributed by atoms with van der Waals surface area (Å²) in [6.07, 6.45) is 0.714. The van der Waals surface area contributed by atoms with Crippen LogP contribution in [0.1, 0.15) is 6.42 Å². The maximum absolute atomic E-state index is 10.8. The molecule has 0 aromatic carbocycles. The van der Waals surface area contributed by atoms with Gasteiger partial charge in [-0.15, -0.1) is 0 Å². The third-order valence-corrected chi connectivity index (χ3v) is 3.06. The van der Waals surface area contributed by atoms with E-state index in [-0.39, 0.29) is 0 Å². The van der Waals surface area contributed by atoms with Gasteiger partial charge in [0, 0.05) is 30.4 Å². The minimum atomic E-state index is -3.52. The second kappa shape index (κ2) is 3.71. The molecule has 0 aromatic rings. The van der Waals surface area contributed by atoms with Crippen LogP contribution >= 0.6 is 10.7 Å². The van der Waals surface area contributed by atoms with Crippen LogP contribution in [0.5, 0.6) is 0 Å². The average molecular weight is 200 g/mol. The summed E-state index contributed by atoms with van der Waals surface area (Å²) < 4.78 is 27.8. The van der Waals surface area contributed by atoms with E-state index in [0.717, 1.165) is 0 Å². The van der Waals surface area contributed by atoms with Crippen molar-refractivity contribution in [1.82, 2.24) is 4.31 Å². The highest BCUT2D eigenvalue weighted by Gasteiger charge is 2.19. The van der Waals surface area contributed by atoms with Gasteiger partial charge in [-0.3, -0.25) is 0 Å². The van der Waals surface area contributed by atoms with E-state index in [1.807, 2.05) is 0 Å². The number of halogens is 1. The highest BCUT2D eigenvalue weighted by molar-refractivity contribution is 8.11. The molecule has 0 bridgehead atoms. The average Bonchev–Trinajstić information content (AvgIpc) is 2.10. The Labute approximate surface area is 70.6 Å². The first-order valence-corrected chi connectivity index (χ1v) is 5.65. The van der Waals surface area contributed by atoms with Crippen LogP contribution in [0.25, 0.3) is 0 Å². The molecule has 0 N–H and O–H groups in total. The van der Waals surface area contributed by atoms with Crippen molar-refractivity contribution in [3.63, 3.8) is 0 Å². The normalized spacial score (nSPS) is 23.0. The van der Waals surface area contributed by atoms with Crippen molar-refractivity contribution in [3.05, 3.63) is 0 Å². The molecule has 11 heavy (non-hydrogen) atoms. The second-order valence-electron chi connectivity index (χ2n) is 2.31. The van der Waals surface area contributed by atoms with E-state index in [9.17, 15) is 8.42 Å². The first kappa shape index (κ1) is 9.25. The molecule has 66 valence electrons. The lowest BCUT2D eigenvalue weighted by atomic mass is 10.5. The lowest BCUT2D eigenvalue weighted by Crippen LogP contribution is -2.29. The minimum Gasteiger partial charge on any atom is -0.380 e. The van der Waals surface area contributed by atoms with Crippen LogP contribution < -0.4 is 0 Å². The summed E-state index contributed by atoms with van der Waals surface area (Å²) in [6.45, 7) is 1.88. The van der Waals surface area contributed by atoms with Gasteiger partial charge in [0.05, 0.1) is 6.61 Å². The van der Waals surface area contributed by atoms with Crippen LogP contribution in [-0.4, -0.2) is 39.0 Å². The van der Waals surface area contributed by atoms with Crippen molar-refractivity contribution in [1.29, 1.82) is 0 Å². The molecular weight excluding hydrogens is 190 g/mol. The maximum atomic E-state index is 10.8. The fourth-order valence-corrected chi connectivity index (χ4v) is 2.00. The summed E-state index contributed by atoms with van der Waals surface area (Å²) in [6, 6.07) is 0. The van der Waals surface area contributed by atoms with Gasteiger partial charge in [-0.2, -0.15) is 12.7 Å². The van der Waals surface area contributed by atoms with Crippen LogP contribution in [0.3, 0.4) is 0 Å². The molecule has 0 spiro atoms. The van der Waals surface area contributed by atoms with Gasteiger partial charge in [0.15, 0.2) is 0 Å². The highest BCUT2D eigenvalue weighted by Crippen LogP contribution is 2.08. The number of ether oxygens (including phenoxy) is 1. The molecule has 1 aliphatic heterocycles. The minimum absolute atomic E-state index is 0.367. The zero-order chi connectivity index (χ0) is 8.32. The number of rotatable bonds is 1. The van der Waals surface area contributed by atoms with Gasteiger partial charge in [-0.25, -0.2) is 0 Å². The van der Waals surface area contributed by atoms with Crippen molar-refractivity contribution >= 4 is 19.9 Å². The first-order chi connectivity index (χ1) is 5.11. The summed E-state index contributed by atoms with van der Waals surface area (Å²) in [7, 11) is 1.60. The predicted octanol–water partition coefficient (Wildman–Crippen LogP) is 0.192. The van der Waals surface area contributed by atoms with Crippen LogP contribution in [0.2, 0.25) is 0 Å². The van der Waals surface area contributed by atoms with E-state index >= 15 is 0 Å². The van der Waals surface area contributed by atoms with Gasteiger partial charge >= 0.3 is 0 Å². The van der Waals surface area contributed by atoms with Crippen molar-refractivity contribution in [2.45, 2.75) is 6.42 Å². The van der Waals surface area contributed by atoms with Crippen LogP contribution in [-0.2, 0) is 14.0 Å². The second-order valence-corrected chi connectivity index (χ2v) is 4.82. The number of hydrogen-bond acceptors (Lipinski definition) is 3. The monoisotopic (exact) mass is 199 g/mol. The van der Waals surface area contributed by atoms with Crippen molar-refractivity contribution in [2.75, 3.05) is 26.3 Å². The largest absolute Gasteiger partial charge is 0.380 e. The Kier molecular flexibility index (Phi) is 3.12. The van der Waals surface area contributed by atoms with E-state index in [0.29, 0.717) is 32.7 Å². The first-order valence-electron chi connectivity index (χ1n) is 3.38. The van der Waals surface area contributed by atoms with Gasteiger partial charge in [0.25, 0.3) is 9.24 Å². The molecule has 0 atom stereocenters. The molecule has 6 heteroatoms. The zero-order valence-corrected chi connectivity index (χ0v) is 7.57. The summed E-state index contributed by atoms with van der Waals surface area (Å²) in [5, 5.41) is 0. The van der Waals surface area contributed by atoms with Crippen LogP contribution in [0.15, 0.2) is 0 Å². The quantitative estimate of drug-likeness (QED) is 0.567. The van der Waals surface area contributed by atoms with E-state index < -0.39 is 9.24 Å². The number of hydrogen-bond donors (Lipinski definition) is 0. The van der Waals surface area contributed by atoms with E-state index in [4.69, 9.17) is 15.4 Å². The molecule has 0 radical (unpaired) electrons. The summed E-state index contributed by atoms with van der Waals surface area (Å²) in [4.78, 5) is 0. The van der Waals surface area contributed by atoms with Crippen LogP contribution in [0.4, 0.5) is 0 Å². The SMILES string of the molecule is O=S(=O)(Cl)N1CCCOCC1. The van der Waals surface area contributed by atoms with Crippen LogP contribution in [0, 0.1) is 0 Å². The van der Waals surface area contributed by atoms with Crippen molar-refractivity contribution < 1.29 is 13.2 Å². The Morgan fingerprint density at radius 1 is 1.27 bits per heavy atom. The summed E-state index contributed by atoms with van der Waals surface area (Å²) in [5.74, 6) is 0. The molecule has 0 aliphatic carbocycles. The molecule has 1 aliphatic rings. The van der Waals surface area contributed by atoms with Gasteiger partial charge in [0.1, 0.15) is 0 Å².